The zero-order valence-corrected chi connectivity index (χ0v) is 14.6. The Labute approximate surface area is 139 Å². The van der Waals surface area contributed by atoms with Crippen molar-refractivity contribution in [2.75, 3.05) is 18.9 Å². The monoisotopic (exact) mass is 311 g/mol. The third kappa shape index (κ3) is 4.93. The molecule has 0 saturated heterocycles. The van der Waals surface area contributed by atoms with Crippen LogP contribution in [0.15, 0.2) is 42.5 Å². The number of rotatable bonds is 6. The summed E-state index contributed by atoms with van der Waals surface area (Å²) < 4.78 is 0. The number of para-hydroxylation sites is 1. The Morgan fingerprint density at radius 3 is 2.43 bits per heavy atom. The summed E-state index contributed by atoms with van der Waals surface area (Å²) in [6.45, 7) is 7.55. The highest BCUT2D eigenvalue weighted by atomic mass is 16.2. The summed E-state index contributed by atoms with van der Waals surface area (Å²) in [5.74, 6) is 0.0682. The molecule has 23 heavy (non-hydrogen) atoms. The molecule has 0 bridgehead atoms. The fraction of sp³-hybridized carbons (Fsp3) is 0.350. The van der Waals surface area contributed by atoms with E-state index in [4.69, 9.17) is 0 Å². The molecule has 0 aliphatic carbocycles. The van der Waals surface area contributed by atoms with Crippen LogP contribution in [0.25, 0.3) is 0 Å². The molecule has 0 saturated carbocycles. The van der Waals surface area contributed by atoms with Gasteiger partial charge in [-0.3, -0.25) is 4.79 Å². The van der Waals surface area contributed by atoms with Crippen LogP contribution in [0, 0.1) is 13.8 Å². The van der Waals surface area contributed by atoms with E-state index in [1.165, 1.54) is 21.6 Å². The lowest BCUT2D eigenvalue weighted by atomic mass is 10.1. The number of carbonyl (C=O) groups excluding carboxylic acids is 1. The van der Waals surface area contributed by atoms with Gasteiger partial charge in [0.2, 0.25) is 0 Å². The Bertz CT molecular complexity index is 662. The molecule has 0 radical (unpaired) electrons. The summed E-state index contributed by atoms with van der Waals surface area (Å²) in [7, 11) is 2.05. The van der Waals surface area contributed by atoms with Gasteiger partial charge in [0.1, 0.15) is 6.54 Å². The zero-order valence-electron chi connectivity index (χ0n) is 14.6. The second-order valence-corrected chi connectivity index (χ2v) is 6.31. The average molecular weight is 311 g/mol. The Hall–Kier alpha value is -2.13. The van der Waals surface area contributed by atoms with Crippen LogP contribution in [0.1, 0.15) is 29.2 Å². The van der Waals surface area contributed by atoms with Gasteiger partial charge in [-0.15, -0.1) is 0 Å². The second-order valence-electron chi connectivity index (χ2n) is 6.31. The Balaban J connectivity index is 1.95. The predicted octanol–water partition coefficient (Wildman–Crippen LogP) is 2.52. The molecule has 0 spiro atoms. The van der Waals surface area contributed by atoms with Gasteiger partial charge >= 0.3 is 0 Å². The van der Waals surface area contributed by atoms with Crippen molar-refractivity contribution < 1.29 is 9.69 Å². The van der Waals surface area contributed by atoms with Crippen LogP contribution in [0.4, 0.5) is 5.69 Å². The van der Waals surface area contributed by atoms with Gasteiger partial charge in [0.15, 0.2) is 6.54 Å². The number of benzene rings is 2. The number of anilines is 1. The summed E-state index contributed by atoms with van der Waals surface area (Å²) in [5.41, 5.74) is 5.80. The molecule has 1 amide bonds. The molecule has 2 rings (SSSR count). The molecule has 122 valence electrons. The number of amides is 1. The van der Waals surface area contributed by atoms with Gasteiger partial charge in [-0.2, -0.15) is 0 Å². The second kappa shape index (κ2) is 7.93. The summed E-state index contributed by atoms with van der Waals surface area (Å²) in [4.78, 5) is 13.5. The van der Waals surface area contributed by atoms with Crippen LogP contribution < -0.4 is 10.2 Å². The molecule has 1 unspecified atom stereocenters. The summed E-state index contributed by atoms with van der Waals surface area (Å²) in [6.07, 6.45) is 0.920. The zero-order chi connectivity index (χ0) is 16.8. The molecule has 0 aliphatic rings. The predicted molar refractivity (Wildman–Crippen MR) is 95.8 cm³/mol. The standard InChI is InChI=1S/C20H26N2O/c1-5-18-8-6-7-16(3)20(18)21-19(23)14-22(4)13-17-11-9-15(2)10-12-17/h6-12H,5,13-14H2,1-4H3,(H,21,23)/p+1. The van der Waals surface area contributed by atoms with Crippen LogP contribution >= 0.6 is 0 Å². The molecule has 2 aromatic carbocycles. The number of likely N-dealkylation sites (N-methyl/N-ethyl adjacent to an activating group) is 1. The maximum absolute atomic E-state index is 12.4. The van der Waals surface area contributed by atoms with E-state index < -0.39 is 0 Å². The highest BCUT2D eigenvalue weighted by Crippen LogP contribution is 2.20. The van der Waals surface area contributed by atoms with Crippen molar-refractivity contribution in [1.29, 1.82) is 0 Å². The average Bonchev–Trinajstić information content (AvgIpc) is 2.51. The number of carbonyl (C=O) groups is 1. The van der Waals surface area contributed by atoms with E-state index in [-0.39, 0.29) is 5.91 Å². The molecule has 2 aromatic rings. The first-order chi connectivity index (χ1) is 11.0. The SMILES string of the molecule is CCc1cccc(C)c1NC(=O)C[NH+](C)Cc1ccc(C)cc1. The summed E-state index contributed by atoms with van der Waals surface area (Å²) >= 11 is 0. The van der Waals surface area contributed by atoms with E-state index in [1.807, 2.05) is 19.1 Å². The van der Waals surface area contributed by atoms with Crippen molar-refractivity contribution in [3.05, 3.63) is 64.7 Å². The molecule has 0 heterocycles. The van der Waals surface area contributed by atoms with E-state index >= 15 is 0 Å². The Morgan fingerprint density at radius 1 is 1.09 bits per heavy atom. The minimum absolute atomic E-state index is 0.0682. The van der Waals surface area contributed by atoms with Gasteiger partial charge in [-0.05, 0) is 31.4 Å². The van der Waals surface area contributed by atoms with Gasteiger partial charge in [0.05, 0.1) is 7.05 Å². The minimum atomic E-state index is 0.0682. The van der Waals surface area contributed by atoms with E-state index in [0.29, 0.717) is 6.54 Å². The third-order valence-electron chi connectivity index (χ3n) is 4.09. The van der Waals surface area contributed by atoms with E-state index in [9.17, 15) is 4.79 Å². The normalized spacial score (nSPS) is 12.0. The maximum atomic E-state index is 12.4. The van der Waals surface area contributed by atoms with Crippen molar-refractivity contribution >= 4 is 11.6 Å². The van der Waals surface area contributed by atoms with Crippen molar-refractivity contribution in [3.8, 4) is 0 Å². The van der Waals surface area contributed by atoms with Crippen LogP contribution in [0.3, 0.4) is 0 Å². The van der Waals surface area contributed by atoms with Gasteiger partial charge in [0.25, 0.3) is 5.91 Å². The molecule has 3 heteroatoms. The van der Waals surface area contributed by atoms with E-state index in [2.05, 4.69) is 56.5 Å². The molecular formula is C20H27N2O+. The topological polar surface area (TPSA) is 33.5 Å². The van der Waals surface area contributed by atoms with Crippen molar-refractivity contribution in [2.24, 2.45) is 0 Å². The highest BCUT2D eigenvalue weighted by molar-refractivity contribution is 5.93. The maximum Gasteiger partial charge on any atom is 0.279 e. The Kier molecular flexibility index (Phi) is 5.94. The van der Waals surface area contributed by atoms with Crippen molar-refractivity contribution in [3.63, 3.8) is 0 Å². The van der Waals surface area contributed by atoms with Crippen LogP contribution in [-0.2, 0) is 17.8 Å². The number of nitrogens with one attached hydrogen (secondary N) is 2. The van der Waals surface area contributed by atoms with Gasteiger partial charge in [-0.25, -0.2) is 0 Å². The smallest absolute Gasteiger partial charge is 0.279 e. The fourth-order valence-corrected chi connectivity index (χ4v) is 2.78. The minimum Gasteiger partial charge on any atom is -0.326 e. The van der Waals surface area contributed by atoms with Crippen molar-refractivity contribution in [1.82, 2.24) is 0 Å². The van der Waals surface area contributed by atoms with Crippen LogP contribution in [0.2, 0.25) is 0 Å². The lowest BCUT2D eigenvalue weighted by Crippen LogP contribution is -3.08. The van der Waals surface area contributed by atoms with Crippen molar-refractivity contribution in [2.45, 2.75) is 33.7 Å². The number of hydrogen-bond acceptors (Lipinski definition) is 1. The fourth-order valence-electron chi connectivity index (χ4n) is 2.78. The number of aryl methyl sites for hydroxylation is 3. The number of hydrogen-bond donors (Lipinski definition) is 2. The third-order valence-corrected chi connectivity index (χ3v) is 4.09. The molecular weight excluding hydrogens is 284 g/mol. The quantitative estimate of drug-likeness (QED) is 0.844. The first kappa shape index (κ1) is 17.2. The first-order valence-corrected chi connectivity index (χ1v) is 8.24. The Morgan fingerprint density at radius 2 is 1.78 bits per heavy atom. The summed E-state index contributed by atoms with van der Waals surface area (Å²) in [6, 6.07) is 14.6. The van der Waals surface area contributed by atoms with Gasteiger partial charge < -0.3 is 10.2 Å². The highest BCUT2D eigenvalue weighted by Gasteiger charge is 2.13. The van der Waals surface area contributed by atoms with E-state index in [1.54, 1.807) is 0 Å². The molecule has 0 aromatic heterocycles. The molecule has 2 N–H and O–H groups in total. The summed E-state index contributed by atoms with van der Waals surface area (Å²) in [5, 5.41) is 3.10. The largest absolute Gasteiger partial charge is 0.326 e. The van der Waals surface area contributed by atoms with E-state index in [0.717, 1.165) is 24.2 Å². The van der Waals surface area contributed by atoms with Gasteiger partial charge in [-0.1, -0.05) is 55.0 Å². The molecule has 1 atom stereocenters. The molecule has 3 nitrogen and oxygen atoms in total. The molecule has 0 fully saturated rings. The lowest BCUT2D eigenvalue weighted by Gasteiger charge is -2.16. The van der Waals surface area contributed by atoms with Gasteiger partial charge in [0, 0.05) is 11.3 Å². The first-order valence-electron chi connectivity index (χ1n) is 8.24. The lowest BCUT2D eigenvalue weighted by molar-refractivity contribution is -0.885. The van der Waals surface area contributed by atoms with Crippen LogP contribution in [0.5, 0.6) is 0 Å². The molecule has 0 aliphatic heterocycles. The van der Waals surface area contributed by atoms with Crippen LogP contribution in [-0.4, -0.2) is 19.5 Å². The number of quaternary nitrogens is 1.